The smallest absolute Gasteiger partial charge is 0.334 e. The lowest BCUT2D eigenvalue weighted by atomic mass is 9.97. The number of fused-ring (bicyclic) bond motifs is 2. The van der Waals surface area contributed by atoms with Gasteiger partial charge in [0.05, 0.1) is 12.1 Å². The Labute approximate surface area is 270 Å². The van der Waals surface area contributed by atoms with Crippen LogP contribution in [0.4, 0.5) is 5.69 Å². The van der Waals surface area contributed by atoms with Crippen LogP contribution in [0.5, 0.6) is 0 Å². The Morgan fingerprint density at radius 1 is 0.957 bits per heavy atom. The number of nitrogens with one attached hydrogen (secondary N) is 2. The van der Waals surface area contributed by atoms with Crippen LogP contribution in [0.1, 0.15) is 29.8 Å². The molecule has 2 amide bonds. The van der Waals surface area contributed by atoms with E-state index in [4.69, 9.17) is 9.47 Å². The monoisotopic (exact) mass is 636 g/mol. The molecular formula is C35H32N4O6S. The maximum atomic E-state index is 14.0. The number of hydrogen-bond donors (Lipinski definition) is 2. The first-order valence-electron chi connectivity index (χ1n) is 14.8. The van der Waals surface area contributed by atoms with E-state index in [1.54, 1.807) is 5.41 Å². The first kappa shape index (κ1) is 30.8. The van der Waals surface area contributed by atoms with Crippen molar-refractivity contribution < 1.29 is 28.7 Å². The Morgan fingerprint density at radius 2 is 1.61 bits per heavy atom. The standard InChI is InChI=1S/C35H32N4O6S/c1-21-17-28(26-15-9-10-16-27(26)37-21)36-18-29(41)38-30-33(42)39-31(25(19-44-22(2)40)20-46-34(30)39)35(43)45-32(23-11-5-3-6-12-23)24-13-7-4-8-14-24/h3-17,20,30-32,34H,18-19H2,1-2H3,(H,36,37)(H,38,41)/t30-,31?,34-/m1/s1. The zero-order valence-electron chi connectivity index (χ0n) is 25.2. The number of amides is 2. The summed E-state index contributed by atoms with van der Waals surface area (Å²) in [7, 11) is 0. The summed E-state index contributed by atoms with van der Waals surface area (Å²) in [5, 5.41) is 8.03. The van der Waals surface area contributed by atoms with Gasteiger partial charge in [-0.25, -0.2) is 4.79 Å². The second kappa shape index (κ2) is 13.5. The molecule has 2 N–H and O–H groups in total. The highest BCUT2D eigenvalue weighted by Crippen LogP contribution is 2.41. The number of β-lactam (4-membered cyclic amide) rings is 1. The zero-order valence-corrected chi connectivity index (χ0v) is 26.0. The molecule has 3 aromatic carbocycles. The van der Waals surface area contributed by atoms with Gasteiger partial charge in [0, 0.05) is 29.3 Å². The largest absolute Gasteiger partial charge is 0.461 e. The van der Waals surface area contributed by atoms with E-state index in [-0.39, 0.29) is 19.1 Å². The van der Waals surface area contributed by atoms with Gasteiger partial charge in [0.25, 0.3) is 0 Å². The van der Waals surface area contributed by atoms with Crippen LogP contribution in [-0.2, 0) is 28.7 Å². The predicted molar refractivity (Wildman–Crippen MR) is 174 cm³/mol. The number of hydrogen-bond acceptors (Lipinski definition) is 9. The van der Waals surface area contributed by atoms with Gasteiger partial charge in [-0.15, -0.1) is 11.8 Å². The number of aromatic nitrogens is 1. The second-order valence-electron chi connectivity index (χ2n) is 11.0. The van der Waals surface area contributed by atoms with Crippen LogP contribution in [0, 0.1) is 6.92 Å². The number of rotatable bonds is 10. The fourth-order valence-corrected chi connectivity index (χ4v) is 6.83. The van der Waals surface area contributed by atoms with E-state index < -0.39 is 41.4 Å². The van der Waals surface area contributed by atoms with Crippen molar-refractivity contribution in [2.75, 3.05) is 18.5 Å². The molecule has 46 heavy (non-hydrogen) atoms. The summed E-state index contributed by atoms with van der Waals surface area (Å²) in [4.78, 5) is 58.2. The minimum absolute atomic E-state index is 0.0660. The molecule has 4 aromatic rings. The van der Waals surface area contributed by atoms with Gasteiger partial charge in [-0.2, -0.15) is 0 Å². The number of esters is 2. The van der Waals surface area contributed by atoms with Crippen LogP contribution in [0.25, 0.3) is 10.9 Å². The number of thioether (sulfide) groups is 1. The van der Waals surface area contributed by atoms with E-state index in [2.05, 4.69) is 15.6 Å². The molecule has 0 aliphatic carbocycles. The van der Waals surface area contributed by atoms with Crippen molar-refractivity contribution in [2.45, 2.75) is 37.4 Å². The molecule has 3 atom stereocenters. The Bertz CT molecular complexity index is 1780. The van der Waals surface area contributed by atoms with Crippen molar-refractivity contribution in [3.8, 4) is 0 Å². The van der Waals surface area contributed by atoms with Crippen LogP contribution in [0.2, 0.25) is 0 Å². The first-order chi connectivity index (χ1) is 22.3. The first-order valence-corrected chi connectivity index (χ1v) is 15.7. The summed E-state index contributed by atoms with van der Waals surface area (Å²) >= 11 is 1.28. The van der Waals surface area contributed by atoms with Gasteiger partial charge in [0.1, 0.15) is 18.0 Å². The molecule has 6 rings (SSSR count). The second-order valence-corrected chi connectivity index (χ2v) is 12.0. The maximum Gasteiger partial charge on any atom is 0.334 e. The molecule has 2 aliphatic rings. The van der Waals surface area contributed by atoms with Crippen LogP contribution >= 0.6 is 11.8 Å². The third kappa shape index (κ3) is 6.45. The van der Waals surface area contributed by atoms with Gasteiger partial charge in [-0.3, -0.25) is 19.4 Å². The van der Waals surface area contributed by atoms with Gasteiger partial charge in [-0.05, 0) is 35.6 Å². The van der Waals surface area contributed by atoms with Gasteiger partial charge in [-0.1, -0.05) is 78.9 Å². The summed E-state index contributed by atoms with van der Waals surface area (Å²) in [6.45, 7) is 2.91. The number of anilines is 1. The Hall–Kier alpha value is -5.16. The van der Waals surface area contributed by atoms with E-state index in [0.717, 1.165) is 33.4 Å². The highest BCUT2D eigenvalue weighted by molar-refractivity contribution is 8.03. The van der Waals surface area contributed by atoms with Crippen molar-refractivity contribution >= 4 is 52.1 Å². The fraction of sp³-hybridized carbons (Fsp3) is 0.229. The molecule has 0 spiro atoms. The van der Waals surface area contributed by atoms with E-state index >= 15 is 0 Å². The number of benzene rings is 3. The number of pyridine rings is 1. The molecule has 0 saturated carbocycles. The van der Waals surface area contributed by atoms with Crippen molar-refractivity contribution in [2.24, 2.45) is 0 Å². The lowest BCUT2D eigenvalue weighted by Crippen LogP contribution is -2.74. The van der Waals surface area contributed by atoms with Crippen LogP contribution in [-0.4, -0.2) is 64.2 Å². The molecule has 10 nitrogen and oxygen atoms in total. The lowest BCUT2D eigenvalue weighted by molar-refractivity contribution is -0.166. The number of nitrogens with zero attached hydrogens (tertiary/aromatic N) is 2. The molecule has 1 unspecified atom stereocenters. The van der Waals surface area contributed by atoms with Crippen LogP contribution in [0.15, 0.2) is 102 Å². The van der Waals surface area contributed by atoms with E-state index in [9.17, 15) is 19.2 Å². The Kier molecular flexibility index (Phi) is 9.02. The van der Waals surface area contributed by atoms with Crippen molar-refractivity contribution in [1.82, 2.24) is 15.2 Å². The summed E-state index contributed by atoms with van der Waals surface area (Å²) in [5.41, 5.74) is 4.32. The average molecular weight is 637 g/mol. The molecule has 0 radical (unpaired) electrons. The van der Waals surface area contributed by atoms with Crippen LogP contribution < -0.4 is 10.6 Å². The summed E-state index contributed by atoms with van der Waals surface area (Å²) in [6, 6.07) is 26.2. The predicted octanol–water partition coefficient (Wildman–Crippen LogP) is 4.50. The highest BCUT2D eigenvalue weighted by atomic mass is 32.2. The molecule has 2 aliphatic heterocycles. The molecule has 3 heterocycles. The topological polar surface area (TPSA) is 127 Å². The Balaban J connectivity index is 1.19. The summed E-state index contributed by atoms with van der Waals surface area (Å²) < 4.78 is 11.4. The lowest BCUT2D eigenvalue weighted by Gasteiger charge is -2.51. The van der Waals surface area contributed by atoms with E-state index in [0.29, 0.717) is 5.57 Å². The van der Waals surface area contributed by atoms with Gasteiger partial charge in [0.2, 0.25) is 11.8 Å². The molecular weight excluding hydrogens is 604 g/mol. The van der Waals surface area contributed by atoms with Crippen molar-refractivity contribution in [1.29, 1.82) is 0 Å². The minimum atomic E-state index is -1.13. The molecule has 234 valence electrons. The van der Waals surface area contributed by atoms with Gasteiger partial charge >= 0.3 is 11.9 Å². The number of para-hydroxylation sites is 1. The van der Waals surface area contributed by atoms with Crippen LogP contribution in [0.3, 0.4) is 0 Å². The quantitative estimate of drug-likeness (QED) is 0.191. The van der Waals surface area contributed by atoms with Gasteiger partial charge < -0.3 is 25.0 Å². The van der Waals surface area contributed by atoms with E-state index in [1.165, 1.54) is 23.6 Å². The molecule has 1 aromatic heterocycles. The fourth-order valence-electron chi connectivity index (χ4n) is 5.62. The van der Waals surface area contributed by atoms with E-state index in [1.807, 2.05) is 97.9 Å². The maximum absolute atomic E-state index is 14.0. The normalized spacial score (nSPS) is 18.7. The Morgan fingerprint density at radius 3 is 2.28 bits per heavy atom. The molecule has 11 heteroatoms. The zero-order chi connectivity index (χ0) is 32.2. The van der Waals surface area contributed by atoms with Gasteiger partial charge in [0.15, 0.2) is 12.1 Å². The number of carbonyl (C=O) groups is 4. The minimum Gasteiger partial charge on any atom is -0.461 e. The molecule has 0 bridgehead atoms. The molecule has 1 saturated heterocycles. The van der Waals surface area contributed by atoms with Crippen molar-refractivity contribution in [3.05, 3.63) is 119 Å². The average Bonchev–Trinajstić information content (AvgIpc) is 3.07. The molecule has 1 fully saturated rings. The van der Waals surface area contributed by atoms with Crippen molar-refractivity contribution in [3.63, 3.8) is 0 Å². The number of ether oxygens (including phenoxy) is 2. The highest BCUT2D eigenvalue weighted by Gasteiger charge is 2.56. The number of aryl methyl sites for hydroxylation is 1. The summed E-state index contributed by atoms with van der Waals surface area (Å²) in [5.74, 6) is -1.99. The summed E-state index contributed by atoms with van der Waals surface area (Å²) in [6.07, 6.45) is -0.733. The number of carbonyl (C=O) groups excluding carboxylic acids is 4. The third-order valence-electron chi connectivity index (χ3n) is 7.77. The third-order valence-corrected chi connectivity index (χ3v) is 8.99. The SMILES string of the molecule is CC(=O)OCC1=CS[C@@H]2[C@H](NC(=O)CNc3cc(C)nc4ccccc34)C(=O)N2C1C(=O)OC(c1ccccc1)c1ccccc1.